The summed E-state index contributed by atoms with van der Waals surface area (Å²) in [7, 11) is 0. The van der Waals surface area contributed by atoms with Gasteiger partial charge in [0.2, 0.25) is 5.91 Å². The van der Waals surface area contributed by atoms with E-state index in [-0.39, 0.29) is 5.91 Å². The summed E-state index contributed by atoms with van der Waals surface area (Å²) in [5.41, 5.74) is 3.16. The number of thiophene rings is 1. The molecule has 1 fully saturated rings. The minimum Gasteiger partial charge on any atom is -0.356 e. The van der Waals surface area contributed by atoms with Gasteiger partial charge in [-0.3, -0.25) is 9.69 Å². The van der Waals surface area contributed by atoms with E-state index in [4.69, 9.17) is 0 Å². The monoisotopic (exact) mass is 434 g/mol. The van der Waals surface area contributed by atoms with Crippen molar-refractivity contribution in [1.29, 1.82) is 0 Å². The summed E-state index contributed by atoms with van der Waals surface area (Å²) in [5, 5.41) is 5.22. The van der Waals surface area contributed by atoms with Gasteiger partial charge < -0.3 is 5.32 Å². The van der Waals surface area contributed by atoms with Crippen molar-refractivity contribution in [3.8, 4) is 10.4 Å². The molecule has 0 spiro atoms. The van der Waals surface area contributed by atoms with E-state index in [1.54, 1.807) is 11.3 Å². The molecule has 4 rings (SSSR count). The fraction of sp³-hybridized carbons (Fsp3) is 0.400. The molecule has 31 heavy (non-hydrogen) atoms. The first-order valence-corrected chi connectivity index (χ1v) is 11.9. The highest BCUT2D eigenvalue weighted by Gasteiger charge is 2.44. The number of amides is 1. The van der Waals surface area contributed by atoms with Crippen LogP contribution < -0.4 is 5.32 Å². The van der Waals surface area contributed by atoms with Crippen LogP contribution in [0.5, 0.6) is 0 Å². The number of carbonyl (C=O) groups is 1. The highest BCUT2D eigenvalue weighted by Crippen LogP contribution is 2.38. The Balaban J connectivity index is 1.57. The molecule has 1 aliphatic heterocycles. The van der Waals surface area contributed by atoms with Crippen molar-refractivity contribution >= 4 is 17.2 Å². The molecule has 3 aromatic rings. The van der Waals surface area contributed by atoms with Crippen molar-refractivity contribution < 1.29 is 4.79 Å². The molecule has 6 heteroatoms. The Bertz CT molecular complexity index is 1000. The molecule has 1 atom stereocenters. The van der Waals surface area contributed by atoms with Crippen molar-refractivity contribution in [1.82, 2.24) is 20.2 Å². The number of carbonyl (C=O) groups excluding carboxylic acids is 1. The van der Waals surface area contributed by atoms with Gasteiger partial charge in [-0.1, -0.05) is 37.3 Å². The van der Waals surface area contributed by atoms with E-state index in [1.807, 2.05) is 19.3 Å². The lowest BCUT2D eigenvalue weighted by Crippen LogP contribution is -2.44. The summed E-state index contributed by atoms with van der Waals surface area (Å²) < 4.78 is 0. The first-order valence-electron chi connectivity index (χ1n) is 11.1. The van der Waals surface area contributed by atoms with E-state index in [9.17, 15) is 4.79 Å². The highest BCUT2D eigenvalue weighted by molar-refractivity contribution is 7.13. The van der Waals surface area contributed by atoms with Crippen molar-refractivity contribution in [2.75, 3.05) is 19.6 Å². The van der Waals surface area contributed by atoms with Gasteiger partial charge in [0, 0.05) is 48.9 Å². The summed E-state index contributed by atoms with van der Waals surface area (Å²) >= 11 is 1.75. The number of nitrogens with one attached hydrogen (secondary N) is 1. The van der Waals surface area contributed by atoms with E-state index < -0.39 is 5.41 Å². The van der Waals surface area contributed by atoms with Crippen molar-refractivity contribution in [2.24, 2.45) is 5.41 Å². The number of benzene rings is 1. The standard InChI is InChI=1S/C25H30N4OS/c1-3-23-27-15-19(16-28-23)17-29-12-11-25(18-29,24(30)26-4-2)14-20-8-5-6-9-21(20)22-10-7-13-31-22/h5-10,13,15-16H,3-4,11-12,14,17-18H2,1-2H3,(H,26,30)/t25-/m0/s1. The van der Waals surface area contributed by atoms with Crippen LogP contribution in [0, 0.1) is 5.41 Å². The van der Waals surface area contributed by atoms with Crippen LogP contribution in [0.1, 0.15) is 37.2 Å². The fourth-order valence-corrected chi connectivity index (χ4v) is 5.25. The second-order valence-corrected chi connectivity index (χ2v) is 9.22. The molecule has 1 N–H and O–H groups in total. The molecule has 0 unspecified atom stereocenters. The molecule has 1 aromatic carbocycles. The molecule has 2 aromatic heterocycles. The van der Waals surface area contributed by atoms with Crippen molar-refractivity contribution in [3.05, 3.63) is 71.1 Å². The topological polar surface area (TPSA) is 58.1 Å². The van der Waals surface area contributed by atoms with Gasteiger partial charge in [-0.05, 0) is 48.9 Å². The Morgan fingerprint density at radius 1 is 1.16 bits per heavy atom. The Hall–Kier alpha value is -2.57. The quantitative estimate of drug-likeness (QED) is 0.573. The van der Waals surface area contributed by atoms with Gasteiger partial charge in [0.1, 0.15) is 5.82 Å². The third-order valence-electron chi connectivity index (χ3n) is 6.07. The smallest absolute Gasteiger partial charge is 0.227 e. The van der Waals surface area contributed by atoms with Gasteiger partial charge in [0.25, 0.3) is 0 Å². The average Bonchev–Trinajstić information content (AvgIpc) is 3.46. The van der Waals surface area contributed by atoms with Crippen molar-refractivity contribution in [2.45, 2.75) is 39.7 Å². The van der Waals surface area contributed by atoms with Gasteiger partial charge in [0.05, 0.1) is 5.41 Å². The number of likely N-dealkylation sites (tertiary alicyclic amines) is 1. The summed E-state index contributed by atoms with van der Waals surface area (Å²) in [6.45, 7) is 7.12. The van der Waals surface area contributed by atoms with Gasteiger partial charge >= 0.3 is 0 Å². The minimum absolute atomic E-state index is 0.163. The van der Waals surface area contributed by atoms with Crippen LogP contribution in [-0.4, -0.2) is 40.4 Å². The lowest BCUT2D eigenvalue weighted by molar-refractivity contribution is -0.130. The Labute approximate surface area is 188 Å². The summed E-state index contributed by atoms with van der Waals surface area (Å²) in [5.74, 6) is 1.03. The average molecular weight is 435 g/mol. The first kappa shape index (κ1) is 21.7. The number of hydrogen-bond acceptors (Lipinski definition) is 5. The highest BCUT2D eigenvalue weighted by atomic mass is 32.1. The summed E-state index contributed by atoms with van der Waals surface area (Å²) in [4.78, 5) is 25.8. The van der Waals surface area contributed by atoms with Crippen LogP contribution in [0.2, 0.25) is 0 Å². The largest absolute Gasteiger partial charge is 0.356 e. The molecule has 5 nitrogen and oxygen atoms in total. The van der Waals surface area contributed by atoms with Gasteiger partial charge in [-0.15, -0.1) is 11.3 Å². The molecule has 3 heterocycles. The molecule has 0 saturated carbocycles. The maximum Gasteiger partial charge on any atom is 0.227 e. The third kappa shape index (κ3) is 4.86. The Kier molecular flexibility index (Phi) is 6.78. The van der Waals surface area contributed by atoms with Crippen LogP contribution in [0.4, 0.5) is 0 Å². The lowest BCUT2D eigenvalue weighted by atomic mass is 9.78. The molecule has 1 aliphatic rings. The van der Waals surface area contributed by atoms with E-state index in [2.05, 4.69) is 68.9 Å². The zero-order valence-corrected chi connectivity index (χ0v) is 19.1. The SMILES string of the molecule is CCNC(=O)[C@]1(Cc2ccccc2-c2cccs2)CCN(Cc2cnc(CC)nc2)C1. The van der Waals surface area contributed by atoms with Crippen LogP contribution >= 0.6 is 11.3 Å². The predicted octanol–water partition coefficient (Wildman–Crippen LogP) is 4.34. The normalized spacial score (nSPS) is 18.9. The molecule has 0 bridgehead atoms. The molecule has 0 radical (unpaired) electrons. The first-order chi connectivity index (χ1) is 15.1. The van der Waals surface area contributed by atoms with Crippen LogP contribution in [-0.2, 0) is 24.2 Å². The number of aryl methyl sites for hydroxylation is 1. The van der Waals surface area contributed by atoms with Gasteiger partial charge in [0.15, 0.2) is 0 Å². The summed E-state index contributed by atoms with van der Waals surface area (Å²) in [6, 6.07) is 12.8. The predicted molar refractivity (Wildman–Crippen MR) is 126 cm³/mol. The third-order valence-corrected chi connectivity index (χ3v) is 6.97. The minimum atomic E-state index is -0.423. The van der Waals surface area contributed by atoms with E-state index in [0.717, 1.165) is 50.3 Å². The molecular weight excluding hydrogens is 404 g/mol. The van der Waals surface area contributed by atoms with Crippen LogP contribution in [0.15, 0.2) is 54.2 Å². The van der Waals surface area contributed by atoms with E-state index >= 15 is 0 Å². The van der Waals surface area contributed by atoms with Crippen LogP contribution in [0.25, 0.3) is 10.4 Å². The molecular formula is C25H30N4OS. The second-order valence-electron chi connectivity index (χ2n) is 8.27. The zero-order valence-electron chi connectivity index (χ0n) is 18.3. The zero-order chi connectivity index (χ0) is 21.7. The summed E-state index contributed by atoms with van der Waals surface area (Å²) in [6.07, 6.45) is 6.28. The molecule has 162 valence electrons. The maximum atomic E-state index is 13.3. The fourth-order valence-electron chi connectivity index (χ4n) is 4.47. The number of rotatable bonds is 8. The van der Waals surface area contributed by atoms with Crippen molar-refractivity contribution in [3.63, 3.8) is 0 Å². The lowest BCUT2D eigenvalue weighted by Gasteiger charge is -2.29. The van der Waals surface area contributed by atoms with E-state index in [1.165, 1.54) is 16.0 Å². The maximum absolute atomic E-state index is 13.3. The molecule has 1 saturated heterocycles. The number of nitrogens with zero attached hydrogens (tertiary/aromatic N) is 3. The Morgan fingerprint density at radius 3 is 2.68 bits per heavy atom. The molecule has 0 aliphatic carbocycles. The molecule has 1 amide bonds. The number of hydrogen-bond donors (Lipinski definition) is 1. The number of aromatic nitrogens is 2. The Morgan fingerprint density at radius 2 is 1.97 bits per heavy atom. The van der Waals surface area contributed by atoms with Gasteiger partial charge in [-0.2, -0.15) is 0 Å². The van der Waals surface area contributed by atoms with Crippen LogP contribution in [0.3, 0.4) is 0 Å². The van der Waals surface area contributed by atoms with E-state index in [0.29, 0.717) is 6.54 Å². The van der Waals surface area contributed by atoms with Gasteiger partial charge in [-0.25, -0.2) is 9.97 Å². The second kappa shape index (κ2) is 9.71.